The third-order valence-electron chi connectivity index (χ3n) is 4.30. The van der Waals surface area contributed by atoms with Crippen LogP contribution in [0.15, 0.2) is 46.9 Å². The Morgan fingerprint density at radius 2 is 2.00 bits per heavy atom. The molecule has 0 bridgehead atoms. The fraction of sp³-hybridized carbons (Fsp3) is 0.316. The molecule has 0 amide bonds. The Labute approximate surface area is 173 Å². The number of nitrogens with zero attached hydrogens (tertiary/aromatic N) is 4. The van der Waals surface area contributed by atoms with Crippen molar-refractivity contribution in [2.75, 3.05) is 18.4 Å². The Kier molecular flexibility index (Phi) is 5.48. The summed E-state index contributed by atoms with van der Waals surface area (Å²) in [5, 5.41) is 5.45. The van der Waals surface area contributed by atoms with Crippen molar-refractivity contribution in [3.8, 4) is 17.1 Å². The number of sulfonamides is 1. The molecule has 1 saturated heterocycles. The molecule has 1 aliphatic rings. The molecule has 152 valence electrons. The van der Waals surface area contributed by atoms with E-state index in [4.69, 9.17) is 4.74 Å². The maximum absolute atomic E-state index is 12.8. The summed E-state index contributed by atoms with van der Waals surface area (Å²) >= 11 is 1.36. The molecule has 3 aromatic rings. The van der Waals surface area contributed by atoms with Crippen molar-refractivity contribution in [3.05, 3.63) is 42.0 Å². The summed E-state index contributed by atoms with van der Waals surface area (Å²) in [6, 6.07) is 6.88. The molecule has 4 heterocycles. The first kappa shape index (κ1) is 19.7. The van der Waals surface area contributed by atoms with Crippen LogP contribution in [-0.2, 0) is 10.0 Å². The van der Waals surface area contributed by atoms with Gasteiger partial charge in [-0.3, -0.25) is 4.98 Å². The lowest BCUT2D eigenvalue weighted by Gasteiger charge is -2.30. The first-order valence-corrected chi connectivity index (χ1v) is 11.6. The van der Waals surface area contributed by atoms with Crippen LogP contribution in [0, 0.1) is 0 Å². The minimum absolute atomic E-state index is 0.0813. The van der Waals surface area contributed by atoms with Gasteiger partial charge >= 0.3 is 0 Å². The Balaban J connectivity index is 1.54. The Bertz CT molecular complexity index is 1090. The van der Waals surface area contributed by atoms with Gasteiger partial charge in [-0.05, 0) is 44.5 Å². The molecule has 4 rings (SSSR count). The Morgan fingerprint density at radius 3 is 2.66 bits per heavy atom. The molecule has 0 unspecified atom stereocenters. The van der Waals surface area contributed by atoms with E-state index in [1.54, 1.807) is 24.5 Å². The standard InChI is InChI=1S/C19H21N5O3S2/c1-13(2)27-14-6-7-15(21-11-14)16-12-28-19(22-16)23-18-17(5-3-8-20-18)29(25,26)24-9-4-10-24/h3,5-8,11-13H,4,9-10H2,1-2H3,(H,20,22,23). The lowest BCUT2D eigenvalue weighted by Crippen LogP contribution is -2.42. The average Bonchev–Trinajstić information content (AvgIpc) is 3.09. The predicted octanol–water partition coefficient (Wildman–Crippen LogP) is 3.53. The lowest BCUT2D eigenvalue weighted by molar-refractivity contribution is 0.241. The van der Waals surface area contributed by atoms with E-state index in [2.05, 4.69) is 20.3 Å². The Morgan fingerprint density at radius 1 is 1.17 bits per heavy atom. The van der Waals surface area contributed by atoms with Crippen molar-refractivity contribution >= 4 is 32.3 Å². The second-order valence-electron chi connectivity index (χ2n) is 6.82. The minimum atomic E-state index is -3.55. The van der Waals surface area contributed by atoms with E-state index < -0.39 is 10.0 Å². The van der Waals surface area contributed by atoms with Crippen molar-refractivity contribution in [2.45, 2.75) is 31.3 Å². The molecule has 0 saturated carbocycles. The van der Waals surface area contributed by atoms with Gasteiger partial charge in [0.25, 0.3) is 0 Å². The number of pyridine rings is 2. The van der Waals surface area contributed by atoms with E-state index in [9.17, 15) is 8.42 Å². The fourth-order valence-electron chi connectivity index (χ4n) is 2.78. The van der Waals surface area contributed by atoms with Gasteiger partial charge in [0.15, 0.2) is 10.9 Å². The van der Waals surface area contributed by atoms with Crippen molar-refractivity contribution < 1.29 is 13.2 Å². The van der Waals surface area contributed by atoms with E-state index in [0.29, 0.717) is 35.4 Å². The van der Waals surface area contributed by atoms with Crippen LogP contribution in [0.4, 0.5) is 10.9 Å². The molecule has 0 radical (unpaired) electrons. The van der Waals surface area contributed by atoms with E-state index in [1.165, 1.54) is 15.6 Å². The van der Waals surface area contributed by atoms with Gasteiger partial charge in [0.05, 0.1) is 18.0 Å². The molecule has 1 fully saturated rings. The number of thiazole rings is 1. The molecule has 1 aliphatic heterocycles. The molecule has 10 heteroatoms. The highest BCUT2D eigenvalue weighted by Gasteiger charge is 2.31. The summed E-state index contributed by atoms with van der Waals surface area (Å²) in [6.45, 7) is 5.00. The van der Waals surface area contributed by atoms with Crippen LogP contribution in [0.25, 0.3) is 11.4 Å². The Hall–Kier alpha value is -2.56. The van der Waals surface area contributed by atoms with Crippen LogP contribution in [0.3, 0.4) is 0 Å². The number of hydrogen-bond donors (Lipinski definition) is 1. The van der Waals surface area contributed by atoms with Gasteiger partial charge in [-0.2, -0.15) is 4.31 Å². The second kappa shape index (κ2) is 8.05. The summed E-state index contributed by atoms with van der Waals surface area (Å²) in [4.78, 5) is 13.3. The summed E-state index contributed by atoms with van der Waals surface area (Å²) in [7, 11) is -3.55. The number of nitrogens with one attached hydrogen (secondary N) is 1. The van der Waals surface area contributed by atoms with Crippen LogP contribution in [0.1, 0.15) is 20.3 Å². The van der Waals surface area contributed by atoms with Gasteiger partial charge in [-0.1, -0.05) is 0 Å². The van der Waals surface area contributed by atoms with Crippen LogP contribution in [0.2, 0.25) is 0 Å². The molecule has 0 aliphatic carbocycles. The number of ether oxygens (including phenoxy) is 1. The van der Waals surface area contributed by atoms with Crippen molar-refractivity contribution in [1.82, 2.24) is 19.3 Å². The molecule has 3 aromatic heterocycles. The molecular formula is C19H21N5O3S2. The van der Waals surface area contributed by atoms with Crippen LogP contribution < -0.4 is 10.1 Å². The summed E-state index contributed by atoms with van der Waals surface area (Å²) in [6.07, 6.45) is 4.18. The van der Waals surface area contributed by atoms with Crippen molar-refractivity contribution in [2.24, 2.45) is 0 Å². The third-order valence-corrected chi connectivity index (χ3v) is 6.99. The summed E-state index contributed by atoms with van der Waals surface area (Å²) < 4.78 is 32.6. The molecule has 0 spiro atoms. The largest absolute Gasteiger partial charge is 0.489 e. The summed E-state index contributed by atoms with van der Waals surface area (Å²) in [5.74, 6) is 0.973. The van der Waals surface area contributed by atoms with Crippen LogP contribution in [0.5, 0.6) is 5.75 Å². The van der Waals surface area contributed by atoms with E-state index in [1.807, 2.05) is 31.4 Å². The highest BCUT2D eigenvalue weighted by molar-refractivity contribution is 7.89. The topological polar surface area (TPSA) is 97.3 Å². The fourth-order valence-corrected chi connectivity index (χ4v) is 5.10. The second-order valence-corrected chi connectivity index (χ2v) is 9.58. The van der Waals surface area contributed by atoms with Gasteiger partial charge in [0.2, 0.25) is 10.0 Å². The number of aromatic nitrogens is 3. The van der Waals surface area contributed by atoms with Gasteiger partial charge in [-0.25, -0.2) is 18.4 Å². The highest BCUT2D eigenvalue weighted by Crippen LogP contribution is 2.31. The van der Waals surface area contributed by atoms with Gasteiger partial charge in [-0.15, -0.1) is 11.3 Å². The zero-order chi connectivity index (χ0) is 20.4. The third kappa shape index (κ3) is 4.24. The quantitative estimate of drug-likeness (QED) is 0.611. The van der Waals surface area contributed by atoms with E-state index >= 15 is 0 Å². The van der Waals surface area contributed by atoms with Gasteiger partial charge in [0.1, 0.15) is 16.3 Å². The molecule has 29 heavy (non-hydrogen) atoms. The monoisotopic (exact) mass is 431 g/mol. The normalized spacial score (nSPS) is 14.6. The smallest absolute Gasteiger partial charge is 0.246 e. The number of anilines is 2. The molecule has 8 nitrogen and oxygen atoms in total. The maximum atomic E-state index is 12.8. The molecule has 0 aromatic carbocycles. The van der Waals surface area contributed by atoms with Crippen LogP contribution in [-0.4, -0.2) is 46.9 Å². The van der Waals surface area contributed by atoms with E-state index in [0.717, 1.165) is 6.42 Å². The van der Waals surface area contributed by atoms with Gasteiger partial charge in [0, 0.05) is 24.7 Å². The highest BCUT2D eigenvalue weighted by atomic mass is 32.2. The van der Waals surface area contributed by atoms with Gasteiger partial charge < -0.3 is 10.1 Å². The first-order chi connectivity index (χ1) is 13.9. The maximum Gasteiger partial charge on any atom is 0.246 e. The zero-order valence-electron chi connectivity index (χ0n) is 16.1. The number of hydrogen-bond acceptors (Lipinski definition) is 8. The van der Waals surface area contributed by atoms with Crippen molar-refractivity contribution in [3.63, 3.8) is 0 Å². The molecule has 1 N–H and O–H groups in total. The first-order valence-electron chi connectivity index (χ1n) is 9.24. The number of rotatable bonds is 7. The van der Waals surface area contributed by atoms with Crippen LogP contribution >= 0.6 is 11.3 Å². The molecular weight excluding hydrogens is 410 g/mol. The van der Waals surface area contributed by atoms with E-state index in [-0.39, 0.29) is 16.8 Å². The predicted molar refractivity (Wildman–Crippen MR) is 112 cm³/mol. The molecule has 0 atom stereocenters. The average molecular weight is 432 g/mol. The lowest BCUT2D eigenvalue weighted by atomic mass is 10.3. The SMILES string of the molecule is CC(C)Oc1ccc(-c2csc(Nc3ncccc3S(=O)(=O)N3CCC3)n2)nc1. The zero-order valence-corrected chi connectivity index (χ0v) is 17.7. The summed E-state index contributed by atoms with van der Waals surface area (Å²) in [5.41, 5.74) is 1.40. The minimum Gasteiger partial charge on any atom is -0.489 e. The van der Waals surface area contributed by atoms with Crippen molar-refractivity contribution in [1.29, 1.82) is 0 Å².